The van der Waals surface area contributed by atoms with E-state index >= 15 is 0 Å². The number of rotatable bonds is 7. The second-order valence-corrected chi connectivity index (χ2v) is 7.85. The Hall–Kier alpha value is -2.57. The second-order valence-electron chi connectivity index (χ2n) is 7.85. The van der Waals surface area contributed by atoms with Gasteiger partial charge in [0, 0.05) is 31.9 Å². The molecule has 3 heterocycles. The fourth-order valence-corrected chi connectivity index (χ4v) is 3.36. The number of nitrogens with zero attached hydrogens (tertiary/aromatic N) is 4. The lowest BCUT2D eigenvalue weighted by molar-refractivity contribution is 0.372. The normalized spacial score (nSPS) is 15.4. The molecule has 0 unspecified atom stereocenters. The van der Waals surface area contributed by atoms with Crippen molar-refractivity contribution in [2.75, 3.05) is 24.5 Å². The number of hydrogen-bond acceptors (Lipinski definition) is 5. The predicted octanol–water partition coefficient (Wildman–Crippen LogP) is 3.83. The highest BCUT2D eigenvalue weighted by Crippen LogP contribution is 2.18. The first-order valence-electron chi connectivity index (χ1n) is 10.8. The molecular weight excluding hydrogens is 364 g/mol. The first-order chi connectivity index (χ1) is 14.2. The molecule has 0 saturated carbocycles. The summed E-state index contributed by atoms with van der Waals surface area (Å²) >= 11 is 0. The van der Waals surface area contributed by atoms with Crippen molar-refractivity contribution in [3.8, 4) is 0 Å². The van der Waals surface area contributed by atoms with Crippen LogP contribution in [-0.4, -0.2) is 35.7 Å². The fraction of sp³-hybridized carbons (Fsp3) is 0.591. The molecule has 3 rings (SSSR count). The van der Waals surface area contributed by atoms with Crippen molar-refractivity contribution in [1.82, 2.24) is 20.8 Å². The number of pyridine rings is 1. The van der Waals surface area contributed by atoms with Crippen LogP contribution in [0.2, 0.25) is 0 Å². The number of anilines is 1. The number of nitrogens with one attached hydrogen (secondary N) is 2. The Labute approximate surface area is 174 Å². The maximum Gasteiger partial charge on any atom is 0.191 e. The van der Waals surface area contributed by atoms with Crippen LogP contribution in [-0.2, 0) is 13.1 Å². The lowest BCUT2D eigenvalue weighted by Crippen LogP contribution is -2.36. The Kier molecular flexibility index (Phi) is 7.90. The average molecular weight is 399 g/mol. The standard InChI is InChI=1S/C22H34N6O/c1-4-23-22(26-16-19-13-20(17(2)3)27-29-19)25-15-18-9-10-21(24-14-18)28-11-7-5-6-8-12-28/h9-10,13-14,17H,4-8,11-12,15-16H2,1-3H3,(H2,23,25,26). The summed E-state index contributed by atoms with van der Waals surface area (Å²) in [7, 11) is 0. The van der Waals surface area contributed by atoms with Gasteiger partial charge in [-0.1, -0.05) is 37.9 Å². The van der Waals surface area contributed by atoms with Crippen molar-refractivity contribution in [3.05, 3.63) is 41.4 Å². The highest BCUT2D eigenvalue weighted by molar-refractivity contribution is 5.79. The molecule has 0 aromatic carbocycles. The largest absolute Gasteiger partial charge is 0.359 e. The number of guanidine groups is 1. The molecule has 1 saturated heterocycles. The molecular formula is C22H34N6O. The molecule has 1 aliphatic heterocycles. The summed E-state index contributed by atoms with van der Waals surface area (Å²) < 4.78 is 5.39. The summed E-state index contributed by atoms with van der Waals surface area (Å²) in [5.74, 6) is 3.00. The van der Waals surface area contributed by atoms with Crippen molar-refractivity contribution in [1.29, 1.82) is 0 Å². The van der Waals surface area contributed by atoms with E-state index in [0.717, 1.165) is 48.4 Å². The fourth-order valence-electron chi connectivity index (χ4n) is 3.36. The summed E-state index contributed by atoms with van der Waals surface area (Å²) in [6.07, 6.45) is 7.12. The van der Waals surface area contributed by atoms with Gasteiger partial charge in [-0.05, 0) is 37.3 Å². The van der Waals surface area contributed by atoms with E-state index in [1.165, 1.54) is 25.7 Å². The summed E-state index contributed by atoms with van der Waals surface area (Å²) in [5, 5.41) is 10.7. The van der Waals surface area contributed by atoms with E-state index < -0.39 is 0 Å². The predicted molar refractivity (Wildman–Crippen MR) is 117 cm³/mol. The van der Waals surface area contributed by atoms with Crippen molar-refractivity contribution in [3.63, 3.8) is 0 Å². The minimum Gasteiger partial charge on any atom is -0.359 e. The second kappa shape index (κ2) is 10.8. The maximum atomic E-state index is 5.39. The van der Waals surface area contributed by atoms with E-state index in [4.69, 9.17) is 4.52 Å². The van der Waals surface area contributed by atoms with Crippen LogP contribution in [0, 0.1) is 0 Å². The molecule has 7 nitrogen and oxygen atoms in total. The minimum atomic E-state index is 0.360. The molecule has 0 aliphatic carbocycles. The molecule has 2 aromatic heterocycles. The Morgan fingerprint density at radius 3 is 2.59 bits per heavy atom. The minimum absolute atomic E-state index is 0.360. The van der Waals surface area contributed by atoms with E-state index in [1.807, 2.05) is 12.3 Å². The number of aromatic nitrogens is 2. The zero-order valence-corrected chi connectivity index (χ0v) is 17.9. The molecule has 0 bridgehead atoms. The first kappa shape index (κ1) is 21.1. The van der Waals surface area contributed by atoms with E-state index in [1.54, 1.807) is 0 Å². The maximum absolute atomic E-state index is 5.39. The molecule has 1 aliphatic rings. The van der Waals surface area contributed by atoms with Crippen LogP contribution in [0.1, 0.15) is 69.4 Å². The van der Waals surface area contributed by atoms with Crippen LogP contribution < -0.4 is 15.5 Å². The van der Waals surface area contributed by atoms with Crippen LogP contribution in [0.25, 0.3) is 0 Å². The summed E-state index contributed by atoms with van der Waals surface area (Å²) in [4.78, 5) is 11.7. The van der Waals surface area contributed by atoms with Gasteiger partial charge < -0.3 is 20.1 Å². The Bertz CT molecular complexity index is 760. The van der Waals surface area contributed by atoms with E-state index in [9.17, 15) is 0 Å². The van der Waals surface area contributed by atoms with Crippen molar-refractivity contribution in [2.24, 2.45) is 4.99 Å². The monoisotopic (exact) mass is 398 g/mol. The summed E-state index contributed by atoms with van der Waals surface area (Å²) in [5.41, 5.74) is 2.07. The Morgan fingerprint density at radius 1 is 1.17 bits per heavy atom. The van der Waals surface area contributed by atoms with E-state index in [-0.39, 0.29) is 0 Å². The third-order valence-corrected chi connectivity index (χ3v) is 5.10. The topological polar surface area (TPSA) is 78.6 Å². The highest BCUT2D eigenvalue weighted by atomic mass is 16.5. The quantitative estimate of drug-likeness (QED) is 0.545. The van der Waals surface area contributed by atoms with Crippen LogP contribution in [0.15, 0.2) is 33.9 Å². The lowest BCUT2D eigenvalue weighted by Gasteiger charge is -2.21. The van der Waals surface area contributed by atoms with Crippen LogP contribution >= 0.6 is 0 Å². The van der Waals surface area contributed by atoms with Gasteiger partial charge in [-0.3, -0.25) is 0 Å². The molecule has 158 valence electrons. The van der Waals surface area contributed by atoms with Gasteiger partial charge in [0.2, 0.25) is 0 Å². The third kappa shape index (κ3) is 6.48. The van der Waals surface area contributed by atoms with E-state index in [0.29, 0.717) is 19.0 Å². The third-order valence-electron chi connectivity index (χ3n) is 5.10. The van der Waals surface area contributed by atoms with E-state index in [2.05, 4.69) is 63.6 Å². The molecule has 1 fully saturated rings. The molecule has 29 heavy (non-hydrogen) atoms. The van der Waals surface area contributed by atoms with Crippen molar-refractivity contribution < 1.29 is 4.52 Å². The summed E-state index contributed by atoms with van der Waals surface area (Å²) in [6, 6.07) is 6.25. The van der Waals surface area contributed by atoms with Gasteiger partial charge in [0.15, 0.2) is 11.7 Å². The van der Waals surface area contributed by atoms with Gasteiger partial charge in [-0.25, -0.2) is 9.98 Å². The number of hydrogen-bond donors (Lipinski definition) is 2. The van der Waals surface area contributed by atoms with Crippen molar-refractivity contribution >= 4 is 11.8 Å². The molecule has 0 atom stereocenters. The van der Waals surface area contributed by atoms with Gasteiger partial charge in [0.25, 0.3) is 0 Å². The lowest BCUT2D eigenvalue weighted by atomic mass is 10.1. The highest BCUT2D eigenvalue weighted by Gasteiger charge is 2.11. The molecule has 0 spiro atoms. The molecule has 0 radical (unpaired) electrons. The Balaban J connectivity index is 1.55. The zero-order valence-electron chi connectivity index (χ0n) is 17.9. The summed E-state index contributed by atoms with van der Waals surface area (Å²) in [6.45, 7) is 10.4. The molecule has 0 amide bonds. The van der Waals surface area contributed by atoms with Gasteiger partial charge in [0.05, 0.1) is 18.8 Å². The Morgan fingerprint density at radius 2 is 1.97 bits per heavy atom. The molecule has 2 aromatic rings. The molecule has 2 N–H and O–H groups in total. The first-order valence-corrected chi connectivity index (χ1v) is 10.8. The van der Waals surface area contributed by atoms with Crippen LogP contribution in [0.4, 0.5) is 5.82 Å². The van der Waals surface area contributed by atoms with Crippen LogP contribution in [0.3, 0.4) is 0 Å². The number of aliphatic imine (C=N–C) groups is 1. The van der Waals surface area contributed by atoms with Crippen molar-refractivity contribution in [2.45, 2.75) is 65.5 Å². The van der Waals surface area contributed by atoms with Gasteiger partial charge in [0.1, 0.15) is 5.82 Å². The van der Waals surface area contributed by atoms with Crippen LogP contribution in [0.5, 0.6) is 0 Å². The van der Waals surface area contributed by atoms with Gasteiger partial charge in [-0.2, -0.15) is 0 Å². The smallest absolute Gasteiger partial charge is 0.191 e. The van der Waals surface area contributed by atoms with Gasteiger partial charge >= 0.3 is 0 Å². The molecule has 7 heteroatoms. The van der Waals surface area contributed by atoms with Gasteiger partial charge in [-0.15, -0.1) is 0 Å². The SMILES string of the molecule is CCNC(=NCc1ccc(N2CCCCCC2)nc1)NCc1cc(C(C)C)no1. The average Bonchev–Trinajstić information content (AvgIpc) is 3.05. The zero-order chi connectivity index (χ0) is 20.5.